The molecular weight excluding hydrogens is 845 g/mol. The molecule has 3 aliphatic rings. The summed E-state index contributed by atoms with van der Waals surface area (Å²) in [4.78, 5) is 11.6. The van der Waals surface area contributed by atoms with Gasteiger partial charge in [0.25, 0.3) is 0 Å². The maximum Gasteiger partial charge on any atom is 0.0980 e. The van der Waals surface area contributed by atoms with Crippen molar-refractivity contribution in [2.45, 2.75) is 10.8 Å². The Morgan fingerprint density at radius 3 is 0.971 bits per heavy atom. The van der Waals surface area contributed by atoms with E-state index < -0.39 is 10.8 Å². The Morgan fingerprint density at radius 2 is 0.571 bits per heavy atom. The molecule has 0 spiro atoms. The van der Waals surface area contributed by atoms with Crippen molar-refractivity contribution in [2.75, 3.05) is 0 Å². The van der Waals surface area contributed by atoms with Gasteiger partial charge in [-0.1, -0.05) is 243 Å². The second-order valence-corrected chi connectivity index (χ2v) is 19.1. The van der Waals surface area contributed by atoms with E-state index >= 15 is 0 Å². The zero-order valence-corrected chi connectivity index (χ0v) is 38.1. The van der Waals surface area contributed by atoms with Crippen molar-refractivity contribution >= 4 is 21.8 Å². The predicted molar refractivity (Wildman–Crippen MR) is 287 cm³/mol. The molecule has 15 rings (SSSR count). The lowest BCUT2D eigenvalue weighted by Crippen LogP contribution is -2.28. The van der Waals surface area contributed by atoms with Gasteiger partial charge in [0, 0.05) is 27.6 Å². The molecule has 70 heavy (non-hydrogen) atoms. The number of nitrogens with zero attached hydrogens (tertiary/aromatic N) is 2. The zero-order valence-electron chi connectivity index (χ0n) is 38.1. The van der Waals surface area contributed by atoms with Gasteiger partial charge in [-0.25, -0.2) is 9.97 Å². The molecule has 1 aromatic heterocycles. The standard InChI is InChI=1S/C68H42N2/c1-5-21-46(22-6-1)67(47-23-7-2-8-24-47)58-33-15-13-29-52(58)54-37-35-44(41-60(54)67)50-39-40-51(64-63(50)69-65-56-31-17-19-43-20-18-32-57(62(43)56)66(65)70-64)45-36-38-55-53-30-14-16-34-59(53)68(61(55)42-45,48-25-9-3-10-26-48)49-27-11-4-12-28-49/h1-42H. The highest BCUT2D eigenvalue weighted by Gasteiger charge is 2.48. The topological polar surface area (TPSA) is 25.8 Å². The summed E-state index contributed by atoms with van der Waals surface area (Å²) in [6.07, 6.45) is 0. The number of benzene rings is 11. The minimum atomic E-state index is -0.531. The van der Waals surface area contributed by atoms with E-state index in [1.54, 1.807) is 0 Å². The maximum atomic E-state index is 5.81. The minimum absolute atomic E-state index is 0.531. The summed E-state index contributed by atoms with van der Waals surface area (Å²) in [5, 5.41) is 2.42. The molecule has 1 heterocycles. The monoisotopic (exact) mass is 886 g/mol. The van der Waals surface area contributed by atoms with Gasteiger partial charge >= 0.3 is 0 Å². The first kappa shape index (κ1) is 39.1. The number of hydrogen-bond donors (Lipinski definition) is 0. The highest BCUT2D eigenvalue weighted by molar-refractivity contribution is 6.15. The summed E-state index contributed by atoms with van der Waals surface area (Å²) < 4.78 is 0. The SMILES string of the molecule is c1ccc(C2(c3ccccc3)c3ccccc3-c3ccc(-c4ccc(-c5ccc6c(c5)C(c5ccccc5)(c5ccccc5)c5ccccc5-6)c5nc6c(nc45)-c4cccc5cccc-6c45)cc32)cc1. The largest absolute Gasteiger partial charge is 0.243 e. The molecule has 12 aromatic rings. The smallest absolute Gasteiger partial charge is 0.0980 e. The molecule has 0 bridgehead atoms. The Morgan fingerprint density at radius 1 is 0.243 bits per heavy atom. The number of aromatic nitrogens is 2. The molecule has 2 heteroatoms. The Bertz CT molecular complexity index is 3760. The van der Waals surface area contributed by atoms with E-state index in [-0.39, 0.29) is 0 Å². The maximum absolute atomic E-state index is 5.81. The van der Waals surface area contributed by atoms with E-state index in [4.69, 9.17) is 9.97 Å². The average molecular weight is 887 g/mol. The fourth-order valence-corrected chi connectivity index (χ4v) is 12.9. The van der Waals surface area contributed by atoms with Crippen LogP contribution in [-0.2, 0) is 10.8 Å². The summed E-state index contributed by atoms with van der Waals surface area (Å²) in [7, 11) is 0. The van der Waals surface area contributed by atoms with Crippen LogP contribution in [0.5, 0.6) is 0 Å². The van der Waals surface area contributed by atoms with E-state index in [1.165, 1.54) is 77.5 Å². The fourth-order valence-electron chi connectivity index (χ4n) is 12.9. The van der Waals surface area contributed by atoms with E-state index in [0.717, 1.165) is 55.8 Å². The molecule has 3 aliphatic carbocycles. The summed E-state index contributed by atoms with van der Waals surface area (Å²) >= 11 is 0. The van der Waals surface area contributed by atoms with Gasteiger partial charge in [0.2, 0.25) is 0 Å². The van der Waals surface area contributed by atoms with Crippen LogP contribution in [0.3, 0.4) is 0 Å². The van der Waals surface area contributed by atoms with Crippen LogP contribution in [0.2, 0.25) is 0 Å². The van der Waals surface area contributed by atoms with Gasteiger partial charge in [-0.15, -0.1) is 0 Å². The van der Waals surface area contributed by atoms with E-state index in [2.05, 4.69) is 255 Å². The van der Waals surface area contributed by atoms with Crippen LogP contribution in [0.1, 0.15) is 44.5 Å². The average Bonchev–Trinajstić information content (AvgIpc) is 4.03. The van der Waals surface area contributed by atoms with Gasteiger partial charge in [0.05, 0.1) is 33.3 Å². The Kier molecular flexibility index (Phi) is 8.24. The van der Waals surface area contributed by atoms with Crippen molar-refractivity contribution in [3.63, 3.8) is 0 Å². The lowest BCUT2D eigenvalue weighted by atomic mass is 9.67. The Balaban J connectivity index is 1.01. The normalized spacial score (nSPS) is 13.9. The first-order valence-electron chi connectivity index (χ1n) is 24.3. The van der Waals surface area contributed by atoms with Gasteiger partial charge < -0.3 is 0 Å². The number of rotatable bonds is 6. The van der Waals surface area contributed by atoms with Gasteiger partial charge in [-0.2, -0.15) is 0 Å². The molecule has 2 nitrogen and oxygen atoms in total. The van der Waals surface area contributed by atoms with Crippen molar-refractivity contribution in [3.05, 3.63) is 299 Å². The second-order valence-electron chi connectivity index (χ2n) is 19.1. The van der Waals surface area contributed by atoms with Gasteiger partial charge in [-0.05, 0) is 95.4 Å². The molecule has 0 radical (unpaired) electrons. The van der Waals surface area contributed by atoms with Crippen LogP contribution in [0.4, 0.5) is 0 Å². The molecule has 0 saturated heterocycles. The van der Waals surface area contributed by atoms with Crippen molar-refractivity contribution in [2.24, 2.45) is 0 Å². The summed E-state index contributed by atoms with van der Waals surface area (Å²) in [5.41, 5.74) is 24.3. The molecule has 11 aromatic carbocycles. The molecule has 0 amide bonds. The fraction of sp³-hybridized carbons (Fsp3) is 0.0294. The molecule has 0 aliphatic heterocycles. The first-order valence-corrected chi connectivity index (χ1v) is 24.3. The molecule has 0 fully saturated rings. The molecule has 0 unspecified atom stereocenters. The molecule has 0 saturated carbocycles. The summed E-state index contributed by atoms with van der Waals surface area (Å²) in [6, 6.07) is 94.1. The zero-order chi connectivity index (χ0) is 46.0. The van der Waals surface area contributed by atoms with E-state index in [1.807, 2.05) is 0 Å². The Hall–Kier alpha value is -8.98. The minimum Gasteiger partial charge on any atom is -0.243 e. The second kappa shape index (κ2) is 14.8. The molecule has 0 N–H and O–H groups in total. The van der Waals surface area contributed by atoms with Gasteiger partial charge in [0.1, 0.15) is 0 Å². The quantitative estimate of drug-likeness (QED) is 0.166. The summed E-state index contributed by atoms with van der Waals surface area (Å²) in [6.45, 7) is 0. The third kappa shape index (κ3) is 5.17. The lowest BCUT2D eigenvalue weighted by molar-refractivity contribution is 0.769. The van der Waals surface area contributed by atoms with E-state index in [9.17, 15) is 0 Å². The van der Waals surface area contributed by atoms with Gasteiger partial charge in [0.15, 0.2) is 0 Å². The van der Waals surface area contributed by atoms with Crippen molar-refractivity contribution in [1.29, 1.82) is 0 Å². The van der Waals surface area contributed by atoms with Crippen LogP contribution >= 0.6 is 0 Å². The van der Waals surface area contributed by atoms with Crippen LogP contribution in [-0.4, -0.2) is 9.97 Å². The van der Waals surface area contributed by atoms with Gasteiger partial charge in [-0.3, -0.25) is 0 Å². The highest BCUT2D eigenvalue weighted by atomic mass is 14.8. The molecule has 324 valence electrons. The predicted octanol–water partition coefficient (Wildman–Crippen LogP) is 16.5. The lowest BCUT2D eigenvalue weighted by Gasteiger charge is -2.34. The van der Waals surface area contributed by atoms with Crippen molar-refractivity contribution < 1.29 is 0 Å². The van der Waals surface area contributed by atoms with Crippen LogP contribution in [0, 0.1) is 0 Å². The van der Waals surface area contributed by atoms with Crippen LogP contribution < -0.4 is 0 Å². The highest BCUT2D eigenvalue weighted by Crippen LogP contribution is 2.59. The molecule has 0 atom stereocenters. The van der Waals surface area contributed by atoms with Crippen molar-refractivity contribution in [1.82, 2.24) is 9.97 Å². The third-order valence-corrected chi connectivity index (χ3v) is 15.8. The molecular formula is C68H42N2. The number of hydrogen-bond acceptors (Lipinski definition) is 2. The van der Waals surface area contributed by atoms with E-state index in [0.29, 0.717) is 0 Å². The first-order chi connectivity index (χ1) is 34.7. The number of fused-ring (bicyclic) bond motifs is 10. The van der Waals surface area contributed by atoms with Crippen molar-refractivity contribution in [3.8, 4) is 67.0 Å². The Labute approximate surface area is 406 Å². The van der Waals surface area contributed by atoms with Crippen LogP contribution in [0.15, 0.2) is 255 Å². The third-order valence-electron chi connectivity index (χ3n) is 15.8. The summed E-state index contributed by atoms with van der Waals surface area (Å²) in [5.74, 6) is 0. The van der Waals surface area contributed by atoms with Crippen LogP contribution in [0.25, 0.3) is 88.8 Å².